The zero-order chi connectivity index (χ0) is 16.5. The minimum Gasteiger partial charge on any atom is -0.380 e. The number of guanidine groups is 1. The van der Waals surface area contributed by atoms with Crippen molar-refractivity contribution >= 4 is 40.8 Å². The lowest BCUT2D eigenvalue weighted by atomic mass is 10.1. The van der Waals surface area contributed by atoms with Gasteiger partial charge in [0.2, 0.25) is 0 Å². The first-order chi connectivity index (χ1) is 11.3. The Morgan fingerprint density at radius 1 is 1.25 bits per heavy atom. The van der Waals surface area contributed by atoms with Gasteiger partial charge in [-0.3, -0.25) is 4.99 Å². The largest absolute Gasteiger partial charge is 0.380 e. The van der Waals surface area contributed by atoms with Crippen LogP contribution in [0.1, 0.15) is 25.0 Å². The third kappa shape index (κ3) is 5.98. The van der Waals surface area contributed by atoms with Gasteiger partial charge >= 0.3 is 0 Å². The molecule has 0 aliphatic carbocycles. The van der Waals surface area contributed by atoms with Gasteiger partial charge in [-0.1, -0.05) is 12.1 Å². The molecular formula is C18H29IN4O. The van der Waals surface area contributed by atoms with Crippen molar-refractivity contribution in [2.45, 2.75) is 27.2 Å². The Bertz CT molecular complexity index is 639. The number of H-pyrrole nitrogens is 1. The molecule has 0 radical (unpaired) electrons. The van der Waals surface area contributed by atoms with Crippen LogP contribution in [0.25, 0.3) is 10.9 Å². The molecule has 1 heterocycles. The topological polar surface area (TPSA) is 61.4 Å². The van der Waals surface area contributed by atoms with E-state index in [4.69, 9.17) is 4.74 Å². The fourth-order valence-electron chi connectivity index (χ4n) is 2.67. The van der Waals surface area contributed by atoms with Gasteiger partial charge in [0.05, 0.1) is 13.2 Å². The molecule has 0 unspecified atom stereocenters. The summed E-state index contributed by atoms with van der Waals surface area (Å²) in [5, 5.41) is 7.99. The number of hydrogen-bond donors (Lipinski definition) is 3. The van der Waals surface area contributed by atoms with Crippen molar-refractivity contribution in [3.63, 3.8) is 0 Å². The quantitative estimate of drug-likeness (QED) is 0.254. The maximum atomic E-state index is 5.32. The standard InChI is InChI=1S/C18H28N4O.HI/c1-4-19-18(21-11-12-23-5-2)20-10-9-15-13-22-16-8-6-7-14(3)17(15)16;/h6-8,13,22H,4-5,9-12H2,1-3H3,(H2,19,20,21);1H. The molecule has 0 spiro atoms. The number of benzene rings is 1. The van der Waals surface area contributed by atoms with Crippen LogP contribution < -0.4 is 10.6 Å². The average molecular weight is 444 g/mol. The number of aryl methyl sites for hydroxylation is 1. The third-order valence-electron chi connectivity index (χ3n) is 3.74. The van der Waals surface area contributed by atoms with E-state index in [-0.39, 0.29) is 24.0 Å². The molecule has 0 saturated heterocycles. The Morgan fingerprint density at radius 3 is 2.83 bits per heavy atom. The van der Waals surface area contributed by atoms with Crippen molar-refractivity contribution in [1.29, 1.82) is 0 Å². The normalized spacial score (nSPS) is 11.4. The lowest BCUT2D eigenvalue weighted by Crippen LogP contribution is -2.38. The summed E-state index contributed by atoms with van der Waals surface area (Å²) in [4.78, 5) is 7.86. The van der Waals surface area contributed by atoms with E-state index in [1.165, 1.54) is 22.0 Å². The van der Waals surface area contributed by atoms with Crippen molar-refractivity contribution in [1.82, 2.24) is 15.6 Å². The number of rotatable bonds is 8. The first-order valence-corrected chi connectivity index (χ1v) is 8.41. The molecule has 0 fully saturated rings. The summed E-state index contributed by atoms with van der Waals surface area (Å²) in [6.45, 7) is 10.0. The van der Waals surface area contributed by atoms with E-state index in [2.05, 4.69) is 58.9 Å². The van der Waals surface area contributed by atoms with Crippen molar-refractivity contribution in [3.8, 4) is 0 Å². The molecule has 2 rings (SSSR count). The Kier molecular flexibility index (Phi) is 9.78. The highest BCUT2D eigenvalue weighted by Gasteiger charge is 2.06. The molecule has 1 aromatic carbocycles. The van der Waals surface area contributed by atoms with E-state index in [1.54, 1.807) is 0 Å². The van der Waals surface area contributed by atoms with Crippen LogP contribution in [0.5, 0.6) is 0 Å². The van der Waals surface area contributed by atoms with E-state index in [0.29, 0.717) is 13.2 Å². The number of ether oxygens (including phenoxy) is 1. The van der Waals surface area contributed by atoms with Crippen LogP contribution in [-0.4, -0.2) is 43.8 Å². The van der Waals surface area contributed by atoms with Crippen molar-refractivity contribution in [2.24, 2.45) is 4.99 Å². The van der Waals surface area contributed by atoms with Gasteiger partial charge in [0.25, 0.3) is 0 Å². The molecule has 0 saturated carbocycles. The fraction of sp³-hybridized carbons (Fsp3) is 0.500. The molecule has 0 atom stereocenters. The number of fused-ring (bicyclic) bond motifs is 1. The third-order valence-corrected chi connectivity index (χ3v) is 3.74. The van der Waals surface area contributed by atoms with E-state index in [0.717, 1.165) is 32.1 Å². The van der Waals surface area contributed by atoms with Gasteiger partial charge in [-0.15, -0.1) is 24.0 Å². The van der Waals surface area contributed by atoms with Gasteiger partial charge in [-0.25, -0.2) is 0 Å². The van der Waals surface area contributed by atoms with Gasteiger partial charge in [0, 0.05) is 36.8 Å². The predicted molar refractivity (Wildman–Crippen MR) is 113 cm³/mol. The van der Waals surface area contributed by atoms with Crippen molar-refractivity contribution in [3.05, 3.63) is 35.5 Å². The van der Waals surface area contributed by atoms with Gasteiger partial charge in [-0.05, 0) is 44.4 Å². The fourth-order valence-corrected chi connectivity index (χ4v) is 2.67. The summed E-state index contributed by atoms with van der Waals surface area (Å²) in [5.41, 5.74) is 3.86. The van der Waals surface area contributed by atoms with Crippen LogP contribution in [0.2, 0.25) is 0 Å². The summed E-state index contributed by atoms with van der Waals surface area (Å²) in [6, 6.07) is 6.37. The highest BCUT2D eigenvalue weighted by atomic mass is 127. The monoisotopic (exact) mass is 444 g/mol. The molecule has 3 N–H and O–H groups in total. The summed E-state index contributed by atoms with van der Waals surface area (Å²) >= 11 is 0. The molecule has 1 aromatic heterocycles. The van der Waals surface area contributed by atoms with Crippen LogP contribution in [-0.2, 0) is 11.2 Å². The molecule has 0 bridgehead atoms. The summed E-state index contributed by atoms with van der Waals surface area (Å²) < 4.78 is 5.32. The first-order valence-electron chi connectivity index (χ1n) is 8.41. The number of nitrogens with zero attached hydrogens (tertiary/aromatic N) is 1. The van der Waals surface area contributed by atoms with E-state index in [9.17, 15) is 0 Å². The second-order valence-electron chi connectivity index (χ2n) is 5.45. The molecule has 2 aromatic rings. The van der Waals surface area contributed by atoms with Crippen LogP contribution in [0, 0.1) is 6.92 Å². The van der Waals surface area contributed by atoms with Crippen molar-refractivity contribution < 1.29 is 4.74 Å². The zero-order valence-corrected chi connectivity index (χ0v) is 17.1. The number of nitrogens with one attached hydrogen (secondary N) is 3. The number of aromatic nitrogens is 1. The maximum Gasteiger partial charge on any atom is 0.191 e. The molecule has 24 heavy (non-hydrogen) atoms. The lowest BCUT2D eigenvalue weighted by molar-refractivity contribution is 0.155. The van der Waals surface area contributed by atoms with E-state index < -0.39 is 0 Å². The number of aromatic amines is 1. The van der Waals surface area contributed by atoms with Crippen LogP contribution >= 0.6 is 24.0 Å². The number of hydrogen-bond acceptors (Lipinski definition) is 2. The minimum atomic E-state index is 0. The van der Waals surface area contributed by atoms with Crippen LogP contribution in [0.4, 0.5) is 0 Å². The Morgan fingerprint density at radius 2 is 2.08 bits per heavy atom. The van der Waals surface area contributed by atoms with Gasteiger partial charge < -0.3 is 20.4 Å². The van der Waals surface area contributed by atoms with Crippen molar-refractivity contribution in [2.75, 3.05) is 32.8 Å². The van der Waals surface area contributed by atoms with E-state index >= 15 is 0 Å². The molecule has 5 nitrogen and oxygen atoms in total. The number of aliphatic imine (C=N–C) groups is 1. The molecule has 134 valence electrons. The molecule has 0 amide bonds. The summed E-state index contributed by atoms with van der Waals surface area (Å²) in [5.74, 6) is 0.851. The zero-order valence-electron chi connectivity index (χ0n) is 14.8. The molecule has 0 aliphatic rings. The predicted octanol–water partition coefficient (Wildman–Crippen LogP) is 3.23. The Balaban J connectivity index is 0.00000288. The highest BCUT2D eigenvalue weighted by molar-refractivity contribution is 14.0. The lowest BCUT2D eigenvalue weighted by Gasteiger charge is -2.11. The summed E-state index contributed by atoms with van der Waals surface area (Å²) in [7, 11) is 0. The molecule has 6 heteroatoms. The summed E-state index contributed by atoms with van der Waals surface area (Å²) in [6.07, 6.45) is 3.07. The van der Waals surface area contributed by atoms with Crippen LogP contribution in [0.15, 0.2) is 29.4 Å². The van der Waals surface area contributed by atoms with Crippen LogP contribution in [0.3, 0.4) is 0 Å². The van der Waals surface area contributed by atoms with Gasteiger partial charge in [0.1, 0.15) is 0 Å². The Hall–Kier alpha value is -1.28. The smallest absolute Gasteiger partial charge is 0.191 e. The highest BCUT2D eigenvalue weighted by Crippen LogP contribution is 2.22. The van der Waals surface area contributed by atoms with Gasteiger partial charge in [0.15, 0.2) is 5.96 Å². The maximum absolute atomic E-state index is 5.32. The Labute approximate surface area is 161 Å². The second-order valence-corrected chi connectivity index (χ2v) is 5.45. The average Bonchev–Trinajstić information content (AvgIpc) is 2.96. The number of halogens is 1. The minimum absolute atomic E-state index is 0. The molecule has 0 aliphatic heterocycles. The first kappa shape index (κ1) is 20.8. The molecular weight excluding hydrogens is 415 g/mol. The van der Waals surface area contributed by atoms with E-state index in [1.807, 2.05) is 6.92 Å². The van der Waals surface area contributed by atoms with Gasteiger partial charge in [-0.2, -0.15) is 0 Å². The SMILES string of the molecule is CCNC(=NCCOCC)NCCc1c[nH]c2cccc(C)c12.I. The second kappa shape index (κ2) is 11.3.